The van der Waals surface area contributed by atoms with Crippen molar-refractivity contribution < 1.29 is 0 Å². The van der Waals surface area contributed by atoms with E-state index in [2.05, 4.69) is 22.4 Å². The lowest BCUT2D eigenvalue weighted by Crippen LogP contribution is -2.08. The Kier molecular flexibility index (Phi) is 4.22. The third-order valence-electron chi connectivity index (χ3n) is 3.72. The zero-order valence-electron chi connectivity index (χ0n) is 12.3. The van der Waals surface area contributed by atoms with Crippen molar-refractivity contribution in [1.29, 1.82) is 0 Å². The lowest BCUT2D eigenvalue weighted by Gasteiger charge is -2.11. The molecule has 0 radical (unpaired) electrons. The summed E-state index contributed by atoms with van der Waals surface area (Å²) in [6.45, 7) is 2.34. The number of benzene rings is 2. The van der Waals surface area contributed by atoms with Crippen molar-refractivity contribution in [3.8, 4) is 5.69 Å². The van der Waals surface area contributed by atoms with Gasteiger partial charge in [-0.25, -0.2) is 4.68 Å². The SMILES string of the molecule is Cc1c(Cl)cccc1-n1nnc(CN)c1Cc1ccccc1. The second-order valence-electron chi connectivity index (χ2n) is 5.15. The lowest BCUT2D eigenvalue weighted by atomic mass is 10.1. The maximum absolute atomic E-state index is 6.23. The molecule has 5 heteroatoms. The van der Waals surface area contributed by atoms with Crippen LogP contribution >= 0.6 is 11.6 Å². The molecule has 0 spiro atoms. The average molecular weight is 313 g/mol. The van der Waals surface area contributed by atoms with Crippen molar-refractivity contribution in [2.75, 3.05) is 0 Å². The molecule has 112 valence electrons. The van der Waals surface area contributed by atoms with Crippen molar-refractivity contribution in [2.24, 2.45) is 5.73 Å². The number of rotatable bonds is 4. The van der Waals surface area contributed by atoms with Crippen LogP contribution in [0.5, 0.6) is 0 Å². The first-order valence-corrected chi connectivity index (χ1v) is 7.51. The quantitative estimate of drug-likeness (QED) is 0.804. The standard InChI is InChI=1S/C17H17ClN4/c1-12-14(18)8-5-9-16(12)22-17(15(11-19)20-21-22)10-13-6-3-2-4-7-13/h2-9H,10-11,19H2,1H3. The Labute approximate surface area is 134 Å². The molecule has 3 aromatic rings. The van der Waals surface area contributed by atoms with Gasteiger partial charge in [0.05, 0.1) is 11.4 Å². The van der Waals surface area contributed by atoms with Gasteiger partial charge in [-0.1, -0.05) is 53.2 Å². The third-order valence-corrected chi connectivity index (χ3v) is 4.13. The zero-order valence-corrected chi connectivity index (χ0v) is 13.1. The number of nitrogens with two attached hydrogens (primary N) is 1. The number of aromatic nitrogens is 3. The summed E-state index contributed by atoms with van der Waals surface area (Å²) >= 11 is 6.23. The Morgan fingerprint density at radius 1 is 1.09 bits per heavy atom. The average Bonchev–Trinajstić information content (AvgIpc) is 2.93. The van der Waals surface area contributed by atoms with Crippen molar-refractivity contribution in [1.82, 2.24) is 15.0 Å². The number of hydrogen-bond donors (Lipinski definition) is 1. The summed E-state index contributed by atoms with van der Waals surface area (Å²) in [7, 11) is 0. The van der Waals surface area contributed by atoms with Crippen LogP contribution in [0.1, 0.15) is 22.5 Å². The highest BCUT2D eigenvalue weighted by atomic mass is 35.5. The normalized spacial score (nSPS) is 10.9. The summed E-state index contributed by atoms with van der Waals surface area (Å²) in [4.78, 5) is 0. The van der Waals surface area contributed by atoms with Gasteiger partial charge in [0.2, 0.25) is 0 Å². The van der Waals surface area contributed by atoms with E-state index in [1.165, 1.54) is 5.56 Å². The third kappa shape index (κ3) is 2.75. The number of nitrogens with zero attached hydrogens (tertiary/aromatic N) is 3. The molecule has 0 aliphatic rings. The van der Waals surface area contributed by atoms with Crippen molar-refractivity contribution in [3.05, 3.63) is 76.1 Å². The van der Waals surface area contributed by atoms with E-state index in [9.17, 15) is 0 Å². The molecule has 22 heavy (non-hydrogen) atoms. The van der Waals surface area contributed by atoms with Gasteiger partial charge in [-0.2, -0.15) is 0 Å². The molecule has 0 saturated carbocycles. The highest BCUT2D eigenvalue weighted by Crippen LogP contribution is 2.24. The van der Waals surface area contributed by atoms with Gasteiger partial charge in [0.15, 0.2) is 0 Å². The molecule has 0 aliphatic carbocycles. The van der Waals surface area contributed by atoms with Gasteiger partial charge in [0, 0.05) is 18.0 Å². The molecular weight excluding hydrogens is 296 g/mol. The Bertz CT molecular complexity index is 781. The largest absolute Gasteiger partial charge is 0.325 e. The maximum Gasteiger partial charge on any atom is 0.100 e. The fourth-order valence-electron chi connectivity index (χ4n) is 2.48. The predicted octanol–water partition coefficient (Wildman–Crippen LogP) is 3.28. The fourth-order valence-corrected chi connectivity index (χ4v) is 2.65. The molecular formula is C17H17ClN4. The van der Waals surface area contributed by atoms with E-state index < -0.39 is 0 Å². The minimum Gasteiger partial charge on any atom is -0.325 e. The first kappa shape index (κ1) is 14.8. The molecule has 2 aromatic carbocycles. The second-order valence-corrected chi connectivity index (χ2v) is 5.55. The Morgan fingerprint density at radius 2 is 1.86 bits per heavy atom. The van der Waals surface area contributed by atoms with Crippen LogP contribution in [0.2, 0.25) is 5.02 Å². The summed E-state index contributed by atoms with van der Waals surface area (Å²) in [5, 5.41) is 9.22. The molecule has 0 fully saturated rings. The van der Waals surface area contributed by atoms with E-state index in [4.69, 9.17) is 17.3 Å². The fraction of sp³-hybridized carbons (Fsp3) is 0.176. The van der Waals surface area contributed by atoms with E-state index in [1.807, 2.05) is 48.0 Å². The van der Waals surface area contributed by atoms with Crippen LogP contribution in [-0.4, -0.2) is 15.0 Å². The Balaban J connectivity index is 2.09. The van der Waals surface area contributed by atoms with Crippen molar-refractivity contribution in [3.63, 3.8) is 0 Å². The smallest absolute Gasteiger partial charge is 0.100 e. The molecule has 2 N–H and O–H groups in total. The molecule has 0 amide bonds. The van der Waals surface area contributed by atoms with E-state index in [0.717, 1.165) is 29.1 Å². The van der Waals surface area contributed by atoms with E-state index in [-0.39, 0.29) is 0 Å². The highest BCUT2D eigenvalue weighted by Gasteiger charge is 2.15. The lowest BCUT2D eigenvalue weighted by molar-refractivity contribution is 0.768. The monoisotopic (exact) mass is 312 g/mol. The molecule has 1 heterocycles. The van der Waals surface area contributed by atoms with Gasteiger partial charge in [-0.15, -0.1) is 5.10 Å². The van der Waals surface area contributed by atoms with Crippen LogP contribution in [0.3, 0.4) is 0 Å². The van der Waals surface area contributed by atoms with Crippen LogP contribution in [0, 0.1) is 6.92 Å². The van der Waals surface area contributed by atoms with Crippen LogP contribution in [0.4, 0.5) is 0 Å². The van der Waals surface area contributed by atoms with E-state index >= 15 is 0 Å². The van der Waals surface area contributed by atoms with Gasteiger partial charge in [0.25, 0.3) is 0 Å². The molecule has 0 unspecified atom stereocenters. The molecule has 0 atom stereocenters. The van der Waals surface area contributed by atoms with Gasteiger partial charge < -0.3 is 5.73 Å². The molecule has 3 rings (SSSR count). The summed E-state index contributed by atoms with van der Waals surface area (Å²) in [5.74, 6) is 0. The molecule has 4 nitrogen and oxygen atoms in total. The van der Waals surface area contributed by atoms with E-state index in [0.29, 0.717) is 11.6 Å². The summed E-state index contributed by atoms with van der Waals surface area (Å²) < 4.78 is 1.84. The maximum atomic E-state index is 6.23. The number of halogens is 1. The predicted molar refractivity (Wildman–Crippen MR) is 88.2 cm³/mol. The van der Waals surface area contributed by atoms with E-state index in [1.54, 1.807) is 0 Å². The first-order valence-electron chi connectivity index (χ1n) is 7.13. The summed E-state index contributed by atoms with van der Waals surface area (Å²) in [6.07, 6.45) is 0.728. The molecule has 0 saturated heterocycles. The summed E-state index contributed by atoms with van der Waals surface area (Å²) in [5.41, 5.74) is 10.7. The minimum absolute atomic E-state index is 0.363. The topological polar surface area (TPSA) is 56.7 Å². The van der Waals surface area contributed by atoms with Crippen LogP contribution in [-0.2, 0) is 13.0 Å². The van der Waals surface area contributed by atoms with Crippen LogP contribution in [0.15, 0.2) is 48.5 Å². The van der Waals surface area contributed by atoms with Gasteiger partial charge in [0.1, 0.15) is 5.69 Å². The zero-order chi connectivity index (χ0) is 15.5. The molecule has 0 aliphatic heterocycles. The van der Waals surface area contributed by atoms with Gasteiger partial charge in [-0.3, -0.25) is 0 Å². The second kappa shape index (κ2) is 6.30. The highest BCUT2D eigenvalue weighted by molar-refractivity contribution is 6.31. The van der Waals surface area contributed by atoms with Crippen LogP contribution < -0.4 is 5.73 Å². The van der Waals surface area contributed by atoms with Gasteiger partial charge in [-0.05, 0) is 30.2 Å². The van der Waals surface area contributed by atoms with Crippen molar-refractivity contribution >= 4 is 11.6 Å². The molecule has 1 aromatic heterocycles. The van der Waals surface area contributed by atoms with Crippen LogP contribution in [0.25, 0.3) is 5.69 Å². The Morgan fingerprint density at radius 3 is 2.59 bits per heavy atom. The Hall–Kier alpha value is -2.17. The van der Waals surface area contributed by atoms with Crippen molar-refractivity contribution in [2.45, 2.75) is 19.9 Å². The first-order chi connectivity index (χ1) is 10.7. The minimum atomic E-state index is 0.363. The summed E-state index contributed by atoms with van der Waals surface area (Å²) in [6, 6.07) is 16.0. The number of hydrogen-bond acceptors (Lipinski definition) is 3. The van der Waals surface area contributed by atoms with Gasteiger partial charge >= 0.3 is 0 Å². The molecule has 0 bridgehead atoms.